The summed E-state index contributed by atoms with van der Waals surface area (Å²) in [5, 5.41) is 9.68. The number of ether oxygens (including phenoxy) is 2. The molecule has 3 N–H and O–H groups in total. The molecule has 0 saturated heterocycles. The third-order valence-corrected chi connectivity index (χ3v) is 6.26. The summed E-state index contributed by atoms with van der Waals surface area (Å²) < 4.78 is 11.5. The van der Waals surface area contributed by atoms with Gasteiger partial charge in [-0.15, -0.1) is 0 Å². The maximum Gasteiger partial charge on any atom is 0.223 e. The van der Waals surface area contributed by atoms with E-state index in [2.05, 4.69) is 35.0 Å². The summed E-state index contributed by atoms with van der Waals surface area (Å²) in [6.07, 6.45) is 6.78. The smallest absolute Gasteiger partial charge is 0.223 e. The number of hydrogen-bond acceptors (Lipinski definition) is 4. The highest BCUT2D eigenvalue weighted by Gasteiger charge is 2.36. The van der Waals surface area contributed by atoms with Gasteiger partial charge in [0, 0.05) is 31.0 Å². The molecule has 7 nitrogen and oxygen atoms in total. The zero-order chi connectivity index (χ0) is 20.8. The Bertz CT molecular complexity index is 770. The third kappa shape index (κ3) is 4.99. The minimum Gasteiger partial charge on any atom is -0.486 e. The van der Waals surface area contributed by atoms with Crippen LogP contribution in [0.25, 0.3) is 0 Å². The van der Waals surface area contributed by atoms with Crippen molar-refractivity contribution in [3.8, 4) is 11.5 Å². The molecule has 0 radical (unpaired) electrons. The molecular formula is C23H34N4O3. The minimum absolute atomic E-state index is 0.0401. The Balaban J connectivity index is 1.40. The van der Waals surface area contributed by atoms with Crippen molar-refractivity contribution in [2.75, 3.05) is 39.4 Å². The van der Waals surface area contributed by atoms with Crippen LogP contribution in [-0.4, -0.2) is 51.3 Å². The molecule has 164 valence electrons. The van der Waals surface area contributed by atoms with Crippen molar-refractivity contribution in [1.29, 1.82) is 0 Å². The molecule has 1 aliphatic heterocycles. The molecule has 7 heteroatoms. The maximum atomic E-state index is 11.8. The Kier molecular flexibility index (Phi) is 6.65. The fourth-order valence-electron chi connectivity index (χ4n) is 4.39. The second-order valence-electron chi connectivity index (χ2n) is 8.53. The van der Waals surface area contributed by atoms with Crippen molar-refractivity contribution in [3.05, 3.63) is 23.8 Å². The van der Waals surface area contributed by atoms with Crippen molar-refractivity contribution in [3.63, 3.8) is 0 Å². The van der Waals surface area contributed by atoms with E-state index >= 15 is 0 Å². The number of amides is 1. The number of nitrogens with zero attached hydrogens (tertiary/aromatic N) is 1. The molecule has 0 atom stereocenters. The number of carbonyl (C=O) groups is 1. The average Bonchev–Trinajstić information content (AvgIpc) is 3.52. The van der Waals surface area contributed by atoms with E-state index in [-0.39, 0.29) is 17.2 Å². The van der Waals surface area contributed by atoms with Crippen molar-refractivity contribution in [2.45, 2.75) is 50.9 Å². The van der Waals surface area contributed by atoms with E-state index in [4.69, 9.17) is 14.5 Å². The van der Waals surface area contributed by atoms with E-state index in [9.17, 15) is 4.79 Å². The van der Waals surface area contributed by atoms with E-state index in [0.29, 0.717) is 26.3 Å². The molecule has 0 bridgehead atoms. The van der Waals surface area contributed by atoms with Crippen LogP contribution in [0.15, 0.2) is 23.2 Å². The van der Waals surface area contributed by atoms with Crippen molar-refractivity contribution < 1.29 is 14.3 Å². The molecule has 1 amide bonds. The Labute approximate surface area is 179 Å². The lowest BCUT2D eigenvalue weighted by molar-refractivity contribution is -0.122. The Morgan fingerprint density at radius 3 is 2.53 bits per heavy atom. The number of hydrogen-bond donors (Lipinski definition) is 3. The monoisotopic (exact) mass is 414 g/mol. The first-order valence-electron chi connectivity index (χ1n) is 11.4. The van der Waals surface area contributed by atoms with Gasteiger partial charge in [-0.2, -0.15) is 0 Å². The molecule has 4 rings (SSSR count). The Morgan fingerprint density at radius 2 is 1.80 bits per heavy atom. The number of guanidine groups is 1. The second-order valence-corrected chi connectivity index (χ2v) is 8.53. The maximum absolute atomic E-state index is 11.8. The van der Waals surface area contributed by atoms with Crippen LogP contribution in [0.5, 0.6) is 11.5 Å². The van der Waals surface area contributed by atoms with Gasteiger partial charge in [-0.05, 0) is 50.3 Å². The molecule has 0 spiro atoms. The summed E-state index contributed by atoms with van der Waals surface area (Å²) >= 11 is 0. The minimum atomic E-state index is 0.0401. The van der Waals surface area contributed by atoms with Gasteiger partial charge in [0.05, 0.1) is 6.54 Å². The van der Waals surface area contributed by atoms with Crippen LogP contribution in [0.1, 0.15) is 51.0 Å². The second kappa shape index (κ2) is 9.58. The molecule has 2 fully saturated rings. The molecule has 2 saturated carbocycles. The van der Waals surface area contributed by atoms with Gasteiger partial charge in [-0.1, -0.05) is 18.9 Å². The highest BCUT2D eigenvalue weighted by molar-refractivity contribution is 5.81. The average molecular weight is 415 g/mol. The molecule has 1 aromatic rings. The number of rotatable bonds is 8. The normalized spacial score (nSPS) is 20.0. The molecule has 1 aromatic carbocycles. The molecule has 0 aromatic heterocycles. The lowest BCUT2D eigenvalue weighted by Crippen LogP contribution is -2.42. The zero-order valence-corrected chi connectivity index (χ0v) is 18.0. The fourth-order valence-corrected chi connectivity index (χ4v) is 4.39. The zero-order valence-electron chi connectivity index (χ0n) is 18.0. The standard InChI is InChI=1S/C23H34N4O3/c1-2-24-22(26-12-11-25-21(28)17-5-6-17)27-16-23(9-3-4-10-23)18-7-8-19-20(15-18)30-14-13-29-19/h7-8,15,17H,2-6,9-14,16H2,1H3,(H,25,28)(H2,24,26,27). The van der Waals surface area contributed by atoms with E-state index in [1.807, 2.05) is 6.07 Å². The van der Waals surface area contributed by atoms with Crippen molar-refractivity contribution in [1.82, 2.24) is 16.0 Å². The van der Waals surface area contributed by atoms with Crippen LogP contribution in [0.3, 0.4) is 0 Å². The SMILES string of the molecule is CCNC(=NCC1(c2ccc3c(c2)OCCO3)CCCC1)NCCNC(=O)C1CC1. The number of carbonyl (C=O) groups excluding carboxylic acids is 1. The molecule has 3 aliphatic rings. The first kappa shape index (κ1) is 20.8. The van der Waals surface area contributed by atoms with Gasteiger partial charge >= 0.3 is 0 Å². The van der Waals surface area contributed by atoms with Crippen LogP contribution in [-0.2, 0) is 10.2 Å². The van der Waals surface area contributed by atoms with E-state index in [1.54, 1.807) is 0 Å². The lowest BCUT2D eigenvalue weighted by atomic mass is 9.79. The third-order valence-electron chi connectivity index (χ3n) is 6.26. The predicted octanol–water partition coefficient (Wildman–Crippen LogP) is 2.35. The van der Waals surface area contributed by atoms with Crippen molar-refractivity contribution >= 4 is 11.9 Å². The van der Waals surface area contributed by atoms with E-state index in [1.165, 1.54) is 18.4 Å². The van der Waals surface area contributed by atoms with Crippen LogP contribution < -0.4 is 25.4 Å². The number of benzene rings is 1. The van der Waals surface area contributed by atoms with Crippen LogP contribution in [0, 0.1) is 5.92 Å². The highest BCUT2D eigenvalue weighted by Crippen LogP contribution is 2.44. The van der Waals surface area contributed by atoms with E-state index < -0.39 is 0 Å². The quantitative estimate of drug-likeness (QED) is 0.346. The molecule has 1 heterocycles. The fraction of sp³-hybridized carbons (Fsp3) is 0.652. The van der Waals surface area contributed by atoms with Crippen LogP contribution in [0.2, 0.25) is 0 Å². The predicted molar refractivity (Wildman–Crippen MR) is 117 cm³/mol. The van der Waals surface area contributed by atoms with E-state index in [0.717, 1.165) is 56.2 Å². The summed E-state index contributed by atoms with van der Waals surface area (Å²) in [6.45, 7) is 6.11. The lowest BCUT2D eigenvalue weighted by Gasteiger charge is -2.30. The van der Waals surface area contributed by atoms with Gasteiger partial charge in [0.1, 0.15) is 13.2 Å². The molecular weight excluding hydrogens is 380 g/mol. The summed E-state index contributed by atoms with van der Waals surface area (Å²) in [4.78, 5) is 16.7. The van der Waals surface area contributed by atoms with Crippen LogP contribution >= 0.6 is 0 Å². The Morgan fingerprint density at radius 1 is 1.07 bits per heavy atom. The van der Waals surface area contributed by atoms with Gasteiger partial charge in [-0.25, -0.2) is 0 Å². The topological polar surface area (TPSA) is 84.0 Å². The largest absolute Gasteiger partial charge is 0.486 e. The summed E-state index contributed by atoms with van der Waals surface area (Å²) in [7, 11) is 0. The van der Waals surface area contributed by atoms with Crippen LogP contribution in [0.4, 0.5) is 0 Å². The van der Waals surface area contributed by atoms with Gasteiger partial charge in [0.2, 0.25) is 5.91 Å². The summed E-state index contributed by atoms with van der Waals surface area (Å²) in [5.41, 5.74) is 1.33. The van der Waals surface area contributed by atoms with Gasteiger partial charge in [0.15, 0.2) is 17.5 Å². The first-order chi connectivity index (χ1) is 14.7. The highest BCUT2D eigenvalue weighted by atomic mass is 16.6. The van der Waals surface area contributed by atoms with Gasteiger partial charge < -0.3 is 25.4 Å². The molecule has 0 unspecified atom stereocenters. The summed E-state index contributed by atoms with van der Waals surface area (Å²) in [5.74, 6) is 2.93. The molecule has 2 aliphatic carbocycles. The number of fused-ring (bicyclic) bond motifs is 1. The molecule has 30 heavy (non-hydrogen) atoms. The number of nitrogens with one attached hydrogen (secondary N) is 3. The van der Waals surface area contributed by atoms with Crippen molar-refractivity contribution in [2.24, 2.45) is 10.9 Å². The number of aliphatic imine (C=N–C) groups is 1. The van der Waals surface area contributed by atoms with Gasteiger partial charge in [-0.3, -0.25) is 9.79 Å². The van der Waals surface area contributed by atoms with Gasteiger partial charge in [0.25, 0.3) is 0 Å². The Hall–Kier alpha value is -2.44. The first-order valence-corrected chi connectivity index (χ1v) is 11.4. The summed E-state index contributed by atoms with van der Waals surface area (Å²) in [6, 6.07) is 6.38.